The molecule has 0 atom stereocenters. The van der Waals surface area contributed by atoms with Gasteiger partial charge in [-0.3, -0.25) is 0 Å². The van der Waals surface area contributed by atoms with Crippen LogP contribution in [0.15, 0.2) is 18.2 Å². The van der Waals surface area contributed by atoms with Gasteiger partial charge in [0.15, 0.2) is 0 Å². The molecule has 1 aliphatic heterocycles. The molecule has 118 valence electrons. The first-order valence-corrected chi connectivity index (χ1v) is 7.09. The van der Waals surface area contributed by atoms with Crippen LogP contribution in [0.2, 0.25) is 0 Å². The number of piperidine rings is 1. The summed E-state index contributed by atoms with van der Waals surface area (Å²) in [4.78, 5) is 1.81. The van der Waals surface area contributed by atoms with Gasteiger partial charge in [-0.05, 0) is 36.5 Å². The maximum atomic E-state index is 13.2. The van der Waals surface area contributed by atoms with Gasteiger partial charge in [-0.25, -0.2) is 0 Å². The number of nitrogens with two attached hydrogens (primary N) is 1. The lowest BCUT2D eigenvalue weighted by molar-refractivity contribution is -0.137. The second kappa shape index (κ2) is 6.66. The van der Waals surface area contributed by atoms with E-state index in [0.717, 1.165) is 18.9 Å². The molecule has 0 aromatic heterocycles. The molecule has 1 fully saturated rings. The number of nitrogens with zero attached hydrogens (tertiary/aromatic N) is 1. The lowest BCUT2D eigenvalue weighted by Crippen LogP contribution is -2.36. The minimum absolute atomic E-state index is 0.110. The summed E-state index contributed by atoms with van der Waals surface area (Å²) in [5, 5.41) is 0. The van der Waals surface area contributed by atoms with Crippen molar-refractivity contribution in [3.63, 3.8) is 0 Å². The van der Waals surface area contributed by atoms with Crippen molar-refractivity contribution < 1.29 is 17.9 Å². The van der Waals surface area contributed by atoms with Crippen LogP contribution in [0.3, 0.4) is 0 Å². The molecule has 6 heteroatoms. The van der Waals surface area contributed by atoms with Crippen molar-refractivity contribution in [1.29, 1.82) is 0 Å². The molecule has 3 nitrogen and oxygen atoms in total. The fourth-order valence-corrected chi connectivity index (χ4v) is 2.79. The normalized spacial score (nSPS) is 17.3. The molecule has 0 amide bonds. The van der Waals surface area contributed by atoms with Gasteiger partial charge < -0.3 is 15.4 Å². The predicted molar refractivity (Wildman–Crippen MR) is 76.1 cm³/mol. The first-order valence-electron chi connectivity index (χ1n) is 7.09. The minimum atomic E-state index is -4.36. The second-order valence-corrected chi connectivity index (χ2v) is 5.44. The van der Waals surface area contributed by atoms with Crippen molar-refractivity contribution in [2.24, 2.45) is 11.7 Å². The molecule has 1 aliphatic rings. The number of halogens is 3. The number of hydrogen-bond acceptors (Lipinski definition) is 3. The van der Waals surface area contributed by atoms with Crippen LogP contribution in [0.1, 0.15) is 24.0 Å². The maximum Gasteiger partial charge on any atom is 0.418 e. The molecular weight excluding hydrogens is 281 g/mol. The molecule has 1 aromatic rings. The van der Waals surface area contributed by atoms with Gasteiger partial charge in [-0.1, -0.05) is 6.07 Å². The molecule has 2 N–H and O–H groups in total. The average molecular weight is 302 g/mol. The van der Waals surface area contributed by atoms with Crippen LogP contribution in [0.25, 0.3) is 0 Å². The largest absolute Gasteiger partial charge is 0.418 e. The highest BCUT2D eigenvalue weighted by Gasteiger charge is 2.35. The zero-order chi connectivity index (χ0) is 15.5. The molecule has 0 unspecified atom stereocenters. The van der Waals surface area contributed by atoms with Crippen LogP contribution >= 0.6 is 0 Å². The smallest absolute Gasteiger partial charge is 0.384 e. The number of rotatable bonds is 4. The molecule has 0 aliphatic carbocycles. The van der Waals surface area contributed by atoms with Gasteiger partial charge in [-0.15, -0.1) is 0 Å². The summed E-state index contributed by atoms with van der Waals surface area (Å²) in [6, 6.07) is 4.38. The summed E-state index contributed by atoms with van der Waals surface area (Å²) in [6.45, 7) is 2.03. The third kappa shape index (κ3) is 3.89. The van der Waals surface area contributed by atoms with Crippen molar-refractivity contribution in [3.05, 3.63) is 29.3 Å². The van der Waals surface area contributed by atoms with Gasteiger partial charge in [0, 0.05) is 39.0 Å². The van der Waals surface area contributed by atoms with E-state index in [1.165, 1.54) is 0 Å². The quantitative estimate of drug-likeness (QED) is 0.929. The first-order chi connectivity index (χ1) is 9.95. The van der Waals surface area contributed by atoms with Crippen LogP contribution in [0, 0.1) is 5.92 Å². The monoisotopic (exact) mass is 302 g/mol. The van der Waals surface area contributed by atoms with Gasteiger partial charge in [0.2, 0.25) is 0 Å². The highest BCUT2D eigenvalue weighted by Crippen LogP contribution is 2.38. The van der Waals surface area contributed by atoms with Crippen molar-refractivity contribution in [1.82, 2.24) is 0 Å². The Kier molecular flexibility index (Phi) is 5.11. The first kappa shape index (κ1) is 16.1. The van der Waals surface area contributed by atoms with E-state index in [4.69, 9.17) is 10.5 Å². The van der Waals surface area contributed by atoms with Gasteiger partial charge >= 0.3 is 6.18 Å². The molecule has 0 radical (unpaired) electrons. The third-order valence-corrected chi connectivity index (χ3v) is 3.96. The number of anilines is 1. The number of methoxy groups -OCH3 is 1. The van der Waals surface area contributed by atoms with E-state index in [1.54, 1.807) is 19.2 Å². The maximum absolute atomic E-state index is 13.2. The van der Waals surface area contributed by atoms with Crippen molar-refractivity contribution in [3.8, 4) is 0 Å². The minimum Gasteiger partial charge on any atom is -0.384 e. The Labute approximate surface area is 122 Å². The molecular formula is C15H21F3N2O. The molecule has 1 heterocycles. The molecule has 1 aromatic carbocycles. The van der Waals surface area contributed by atoms with Gasteiger partial charge in [-0.2, -0.15) is 13.2 Å². The summed E-state index contributed by atoms with van der Waals surface area (Å²) in [7, 11) is 1.65. The van der Waals surface area contributed by atoms with Gasteiger partial charge in [0.05, 0.1) is 5.56 Å². The van der Waals surface area contributed by atoms with Crippen LogP contribution in [0.5, 0.6) is 0 Å². The summed E-state index contributed by atoms with van der Waals surface area (Å²) in [5.41, 5.74) is 5.62. The number of benzene rings is 1. The Balaban J connectivity index is 2.20. The lowest BCUT2D eigenvalue weighted by Gasteiger charge is -2.35. The van der Waals surface area contributed by atoms with E-state index < -0.39 is 11.7 Å². The molecule has 1 saturated heterocycles. The Morgan fingerprint density at radius 2 is 1.95 bits per heavy atom. The van der Waals surface area contributed by atoms with E-state index in [1.807, 2.05) is 4.90 Å². The molecule has 0 bridgehead atoms. The number of hydrogen-bond donors (Lipinski definition) is 1. The van der Waals surface area contributed by atoms with Gasteiger partial charge in [0.1, 0.15) is 0 Å². The average Bonchev–Trinajstić information content (AvgIpc) is 2.47. The highest BCUT2D eigenvalue weighted by molar-refractivity contribution is 5.56. The summed E-state index contributed by atoms with van der Waals surface area (Å²) in [6.07, 6.45) is -2.66. The van der Waals surface area contributed by atoms with E-state index in [9.17, 15) is 13.2 Å². The van der Waals surface area contributed by atoms with E-state index in [0.29, 0.717) is 31.2 Å². The van der Waals surface area contributed by atoms with Crippen LogP contribution in [-0.2, 0) is 17.5 Å². The van der Waals surface area contributed by atoms with Crippen LogP contribution < -0.4 is 10.6 Å². The molecule has 0 spiro atoms. The third-order valence-electron chi connectivity index (χ3n) is 3.96. The summed E-state index contributed by atoms with van der Waals surface area (Å²) >= 11 is 0. The molecule has 0 saturated carbocycles. The predicted octanol–water partition coefficient (Wildman–Crippen LogP) is 3.03. The number of ether oxygens (including phenoxy) is 1. The lowest BCUT2D eigenvalue weighted by atomic mass is 9.96. The van der Waals surface area contributed by atoms with E-state index in [-0.39, 0.29) is 12.2 Å². The standard InChI is InChI=1S/C15H21F3N2O/c1-21-10-11-4-6-20(7-5-11)14-3-2-12(9-19)8-13(14)15(16,17)18/h2-3,8,11H,4-7,9-10,19H2,1H3. The zero-order valence-electron chi connectivity index (χ0n) is 12.1. The second-order valence-electron chi connectivity index (χ2n) is 5.44. The van der Waals surface area contributed by atoms with E-state index in [2.05, 4.69) is 0 Å². The van der Waals surface area contributed by atoms with Crippen molar-refractivity contribution in [2.75, 3.05) is 31.7 Å². The summed E-state index contributed by atoms with van der Waals surface area (Å²) in [5.74, 6) is 0.434. The fourth-order valence-electron chi connectivity index (χ4n) is 2.79. The Hall–Kier alpha value is -1.27. The SMILES string of the molecule is COCC1CCN(c2ccc(CN)cc2C(F)(F)F)CC1. The van der Waals surface area contributed by atoms with E-state index >= 15 is 0 Å². The number of alkyl halides is 3. The fraction of sp³-hybridized carbons (Fsp3) is 0.600. The van der Waals surface area contributed by atoms with Crippen LogP contribution in [-0.4, -0.2) is 26.8 Å². The van der Waals surface area contributed by atoms with Crippen molar-refractivity contribution in [2.45, 2.75) is 25.6 Å². The molecule has 2 rings (SSSR count). The Morgan fingerprint density at radius 1 is 1.29 bits per heavy atom. The van der Waals surface area contributed by atoms with Crippen molar-refractivity contribution >= 4 is 5.69 Å². The topological polar surface area (TPSA) is 38.5 Å². The van der Waals surface area contributed by atoms with Crippen LogP contribution in [0.4, 0.5) is 18.9 Å². The Morgan fingerprint density at radius 3 is 2.48 bits per heavy atom. The molecule has 21 heavy (non-hydrogen) atoms. The Bertz CT molecular complexity index is 468. The summed E-state index contributed by atoms with van der Waals surface area (Å²) < 4.78 is 44.8. The highest BCUT2D eigenvalue weighted by atomic mass is 19.4. The van der Waals surface area contributed by atoms with Gasteiger partial charge in [0.25, 0.3) is 0 Å². The zero-order valence-corrected chi connectivity index (χ0v) is 12.1.